The number of rotatable bonds is 7. The van der Waals surface area contributed by atoms with Gasteiger partial charge < -0.3 is 10.6 Å². The monoisotopic (exact) mass is 263 g/mol. The average molecular weight is 263 g/mol. The van der Waals surface area contributed by atoms with Crippen LogP contribution in [0.5, 0.6) is 0 Å². The largest absolute Gasteiger partial charge is 0.385 e. The van der Waals surface area contributed by atoms with E-state index in [-0.39, 0.29) is 10.6 Å². The van der Waals surface area contributed by atoms with Gasteiger partial charge in [-0.25, -0.2) is 0 Å². The van der Waals surface area contributed by atoms with E-state index in [0.29, 0.717) is 5.41 Å². The van der Waals surface area contributed by atoms with Crippen molar-refractivity contribution in [1.29, 1.82) is 0 Å². The van der Waals surface area contributed by atoms with Crippen molar-refractivity contribution in [2.24, 2.45) is 5.41 Å². The molecule has 0 bridgehead atoms. The molecule has 0 radical (unpaired) electrons. The minimum Gasteiger partial charge on any atom is -0.385 e. The van der Waals surface area contributed by atoms with Crippen molar-refractivity contribution >= 4 is 17.1 Å². The summed E-state index contributed by atoms with van der Waals surface area (Å²) < 4.78 is 0. The number of hydrogen-bond donors (Lipinski definition) is 2. The summed E-state index contributed by atoms with van der Waals surface area (Å²) in [6.07, 6.45) is 3.45. The quantitative estimate of drug-likeness (QED) is 0.582. The number of nitro benzene ring substituents is 1. The van der Waals surface area contributed by atoms with Gasteiger partial charge in [0.05, 0.1) is 4.92 Å². The minimum atomic E-state index is -0.346. The van der Waals surface area contributed by atoms with E-state index in [1.54, 1.807) is 12.1 Å². The zero-order chi connectivity index (χ0) is 13.9. The first kappa shape index (κ1) is 13.6. The first-order valence-electron chi connectivity index (χ1n) is 6.80. The lowest BCUT2D eigenvalue weighted by molar-refractivity contribution is -0.384. The topological polar surface area (TPSA) is 67.2 Å². The Balaban J connectivity index is 2.10. The molecule has 19 heavy (non-hydrogen) atoms. The van der Waals surface area contributed by atoms with Gasteiger partial charge in [0.1, 0.15) is 0 Å². The average Bonchev–Trinajstić information content (AvgIpc) is 3.12. The number of anilines is 2. The Morgan fingerprint density at radius 2 is 1.89 bits per heavy atom. The van der Waals surface area contributed by atoms with E-state index in [2.05, 4.69) is 24.5 Å². The third-order valence-electron chi connectivity index (χ3n) is 3.53. The molecule has 5 nitrogen and oxygen atoms in total. The summed E-state index contributed by atoms with van der Waals surface area (Å²) >= 11 is 0. The van der Waals surface area contributed by atoms with E-state index in [1.807, 2.05) is 6.07 Å². The first-order chi connectivity index (χ1) is 9.02. The molecule has 0 saturated heterocycles. The van der Waals surface area contributed by atoms with Gasteiger partial charge >= 0.3 is 0 Å². The maximum atomic E-state index is 10.9. The highest BCUT2D eigenvalue weighted by molar-refractivity contribution is 5.63. The van der Waals surface area contributed by atoms with E-state index in [0.717, 1.165) is 30.9 Å². The van der Waals surface area contributed by atoms with Crippen molar-refractivity contribution in [3.63, 3.8) is 0 Å². The van der Waals surface area contributed by atoms with Gasteiger partial charge in [0.2, 0.25) is 0 Å². The van der Waals surface area contributed by atoms with Crippen LogP contribution >= 0.6 is 0 Å². The number of hydrogen-bond acceptors (Lipinski definition) is 4. The Hall–Kier alpha value is -1.78. The summed E-state index contributed by atoms with van der Waals surface area (Å²) in [6.45, 7) is 5.99. The fourth-order valence-electron chi connectivity index (χ4n) is 1.90. The lowest BCUT2D eigenvalue weighted by Crippen LogP contribution is -2.12. The second-order valence-corrected chi connectivity index (χ2v) is 5.62. The van der Waals surface area contributed by atoms with E-state index < -0.39 is 0 Å². The first-order valence-corrected chi connectivity index (χ1v) is 6.80. The molecular formula is C14H21N3O2. The van der Waals surface area contributed by atoms with Crippen LogP contribution in [-0.4, -0.2) is 18.0 Å². The molecule has 0 aromatic heterocycles. The number of nitro groups is 1. The van der Waals surface area contributed by atoms with Gasteiger partial charge in [-0.3, -0.25) is 10.1 Å². The Kier molecular flexibility index (Phi) is 3.93. The predicted octanol–water partition coefficient (Wildman–Crippen LogP) is 3.63. The highest BCUT2D eigenvalue weighted by Gasteiger charge is 2.36. The summed E-state index contributed by atoms with van der Waals surface area (Å²) in [6, 6.07) is 5.12. The summed E-state index contributed by atoms with van der Waals surface area (Å²) in [5.74, 6) is 0. The molecule has 0 heterocycles. The van der Waals surface area contributed by atoms with Crippen LogP contribution in [0.1, 0.15) is 33.1 Å². The van der Waals surface area contributed by atoms with E-state index in [1.165, 1.54) is 12.8 Å². The molecule has 1 aromatic carbocycles. The molecule has 2 rings (SSSR count). The standard InChI is InChI=1S/C14H21N3O2/c1-3-6-15-11-7-12(9-13(8-11)17(18)19)16-10-14(2)4-5-14/h7-9,15-16H,3-6,10H2,1-2H3. The van der Waals surface area contributed by atoms with Crippen LogP contribution < -0.4 is 10.6 Å². The minimum absolute atomic E-state index is 0.129. The molecule has 0 atom stereocenters. The molecule has 1 aliphatic rings. The zero-order valence-electron chi connectivity index (χ0n) is 11.5. The Bertz CT molecular complexity index is 470. The molecule has 0 aliphatic heterocycles. The van der Waals surface area contributed by atoms with Crippen LogP contribution in [0.15, 0.2) is 18.2 Å². The maximum absolute atomic E-state index is 10.9. The molecule has 0 unspecified atom stereocenters. The van der Waals surface area contributed by atoms with Crippen LogP contribution in [0, 0.1) is 15.5 Å². The molecule has 1 fully saturated rings. The molecule has 5 heteroatoms. The normalized spacial score (nSPS) is 15.9. The second-order valence-electron chi connectivity index (χ2n) is 5.62. The van der Waals surface area contributed by atoms with E-state index in [9.17, 15) is 10.1 Å². The Labute approximate surface area is 113 Å². The summed E-state index contributed by atoms with van der Waals surface area (Å²) in [4.78, 5) is 10.6. The molecule has 0 amide bonds. The summed E-state index contributed by atoms with van der Waals surface area (Å²) in [5, 5.41) is 17.5. The van der Waals surface area contributed by atoms with Gasteiger partial charge in [-0.2, -0.15) is 0 Å². The number of non-ortho nitro benzene ring substituents is 1. The summed E-state index contributed by atoms with van der Waals surface area (Å²) in [7, 11) is 0. The lowest BCUT2D eigenvalue weighted by atomic mass is 10.1. The number of benzene rings is 1. The van der Waals surface area contributed by atoms with Gasteiger partial charge in [-0.1, -0.05) is 13.8 Å². The van der Waals surface area contributed by atoms with Crippen molar-refractivity contribution in [3.05, 3.63) is 28.3 Å². The molecule has 2 N–H and O–H groups in total. The summed E-state index contributed by atoms with van der Waals surface area (Å²) in [5.41, 5.74) is 2.13. The van der Waals surface area contributed by atoms with Gasteiger partial charge in [0.15, 0.2) is 0 Å². The van der Waals surface area contributed by atoms with E-state index >= 15 is 0 Å². The van der Waals surface area contributed by atoms with Gasteiger partial charge in [0, 0.05) is 36.6 Å². The van der Waals surface area contributed by atoms with Crippen molar-refractivity contribution in [3.8, 4) is 0 Å². The van der Waals surface area contributed by atoms with E-state index in [4.69, 9.17) is 0 Å². The van der Waals surface area contributed by atoms with Gasteiger partial charge in [0.25, 0.3) is 5.69 Å². The SMILES string of the molecule is CCCNc1cc(NCC2(C)CC2)cc([N+](=O)[O-])c1. The lowest BCUT2D eigenvalue weighted by Gasteiger charge is -2.13. The highest BCUT2D eigenvalue weighted by Crippen LogP contribution is 2.44. The van der Waals surface area contributed by atoms with Gasteiger partial charge in [-0.15, -0.1) is 0 Å². The second kappa shape index (κ2) is 5.47. The molecule has 0 spiro atoms. The molecule has 1 saturated carbocycles. The van der Waals surface area contributed by atoms with Crippen molar-refractivity contribution in [2.45, 2.75) is 33.1 Å². The van der Waals surface area contributed by atoms with Crippen LogP contribution in [0.4, 0.5) is 17.1 Å². The van der Waals surface area contributed by atoms with Crippen LogP contribution in [0.2, 0.25) is 0 Å². The van der Waals surface area contributed by atoms with Gasteiger partial charge in [-0.05, 0) is 30.7 Å². The molecule has 1 aliphatic carbocycles. The van der Waals surface area contributed by atoms with Crippen molar-refractivity contribution < 1.29 is 4.92 Å². The van der Waals surface area contributed by atoms with Crippen molar-refractivity contribution in [1.82, 2.24) is 0 Å². The smallest absolute Gasteiger partial charge is 0.273 e. The third kappa shape index (κ3) is 3.84. The molecule has 1 aromatic rings. The predicted molar refractivity (Wildman–Crippen MR) is 77.7 cm³/mol. The number of nitrogens with one attached hydrogen (secondary N) is 2. The fourth-order valence-corrected chi connectivity index (χ4v) is 1.90. The van der Waals surface area contributed by atoms with Crippen LogP contribution in [0.3, 0.4) is 0 Å². The highest BCUT2D eigenvalue weighted by atomic mass is 16.6. The van der Waals surface area contributed by atoms with Crippen molar-refractivity contribution in [2.75, 3.05) is 23.7 Å². The van der Waals surface area contributed by atoms with Crippen LogP contribution in [0.25, 0.3) is 0 Å². The zero-order valence-corrected chi connectivity index (χ0v) is 11.5. The fraction of sp³-hybridized carbons (Fsp3) is 0.571. The maximum Gasteiger partial charge on any atom is 0.273 e. The molecular weight excluding hydrogens is 242 g/mol. The third-order valence-corrected chi connectivity index (χ3v) is 3.53. The van der Waals surface area contributed by atoms with Crippen LogP contribution in [-0.2, 0) is 0 Å². The number of nitrogens with zero attached hydrogens (tertiary/aromatic N) is 1. The Morgan fingerprint density at radius 3 is 2.42 bits per heavy atom. The Morgan fingerprint density at radius 1 is 1.26 bits per heavy atom. The molecule has 104 valence electrons.